The molecule has 2 saturated heterocycles. The van der Waals surface area contributed by atoms with Gasteiger partial charge in [0.2, 0.25) is 23.5 Å². The van der Waals surface area contributed by atoms with Crippen LogP contribution < -0.4 is 16.0 Å². The van der Waals surface area contributed by atoms with E-state index in [1.165, 1.54) is 4.90 Å². The van der Waals surface area contributed by atoms with E-state index in [-0.39, 0.29) is 23.9 Å². The number of ketones is 1. The maximum atomic E-state index is 14.0. The van der Waals surface area contributed by atoms with Crippen LogP contribution in [-0.2, 0) is 23.9 Å². The Hall–Kier alpha value is -2.83. The van der Waals surface area contributed by atoms with Crippen LogP contribution in [0.3, 0.4) is 0 Å². The van der Waals surface area contributed by atoms with Crippen molar-refractivity contribution < 1.29 is 42.6 Å². The highest BCUT2D eigenvalue weighted by molar-refractivity contribution is 6.38. The van der Waals surface area contributed by atoms with Crippen LogP contribution in [0.2, 0.25) is 0 Å². The van der Waals surface area contributed by atoms with E-state index >= 15 is 0 Å². The van der Waals surface area contributed by atoms with Crippen molar-refractivity contribution in [2.45, 2.75) is 114 Å². The highest BCUT2D eigenvalue weighted by Gasteiger charge is 2.51. The number of hydrogen-bond donors (Lipinski definition) is 4. The maximum absolute atomic E-state index is 14.0. The maximum Gasteiger partial charge on any atom is 0.405 e. The summed E-state index contributed by atoms with van der Waals surface area (Å²) in [6, 6.07) is -3.71. The number of halogens is 2. The fourth-order valence-electron chi connectivity index (χ4n) is 6.51. The molecule has 4 N–H and O–H groups in total. The zero-order valence-corrected chi connectivity index (χ0v) is 23.6. The van der Waals surface area contributed by atoms with Crippen molar-refractivity contribution in [3.05, 3.63) is 0 Å². The molecule has 2 aliphatic heterocycles. The molecule has 3 atom stereocenters. The summed E-state index contributed by atoms with van der Waals surface area (Å²) in [6.07, 6.45) is 4.70. The van der Waals surface area contributed by atoms with Gasteiger partial charge >= 0.3 is 6.09 Å². The molecule has 13 heteroatoms. The third-order valence-corrected chi connectivity index (χ3v) is 8.93. The SMILES string of the molecule is CC(F)(F)CCC(NC(=O)C1CC2(CCCCC2)CN1C(=O)[C@@H](NC(=O)O)C1CCOCC1)C(=O)C(=O)NC1CC1. The fourth-order valence-corrected chi connectivity index (χ4v) is 6.51. The Labute approximate surface area is 238 Å². The van der Waals surface area contributed by atoms with Crippen molar-refractivity contribution in [3.8, 4) is 0 Å². The summed E-state index contributed by atoms with van der Waals surface area (Å²) in [5.74, 6) is -6.56. The Balaban J connectivity index is 1.56. The zero-order valence-electron chi connectivity index (χ0n) is 23.6. The number of carbonyl (C=O) groups excluding carboxylic acids is 4. The summed E-state index contributed by atoms with van der Waals surface area (Å²) in [5.41, 5.74) is -0.335. The van der Waals surface area contributed by atoms with Gasteiger partial charge in [0.1, 0.15) is 12.1 Å². The smallest absolute Gasteiger partial charge is 0.405 e. The van der Waals surface area contributed by atoms with Gasteiger partial charge in [0, 0.05) is 32.2 Å². The topological polar surface area (TPSA) is 154 Å². The highest BCUT2D eigenvalue weighted by atomic mass is 19.3. The predicted molar refractivity (Wildman–Crippen MR) is 142 cm³/mol. The number of nitrogens with one attached hydrogen (secondary N) is 3. The summed E-state index contributed by atoms with van der Waals surface area (Å²) in [7, 11) is 0. The molecule has 0 radical (unpaired) electrons. The van der Waals surface area contributed by atoms with Gasteiger partial charge in [0.05, 0.1) is 6.04 Å². The van der Waals surface area contributed by atoms with Gasteiger partial charge in [-0.15, -0.1) is 0 Å². The van der Waals surface area contributed by atoms with Gasteiger partial charge in [-0.2, -0.15) is 0 Å². The van der Waals surface area contributed by atoms with Crippen molar-refractivity contribution in [1.29, 1.82) is 0 Å². The lowest BCUT2D eigenvalue weighted by molar-refractivity contribution is -0.144. The van der Waals surface area contributed by atoms with Crippen molar-refractivity contribution in [1.82, 2.24) is 20.9 Å². The number of ether oxygens (including phenoxy) is 1. The lowest BCUT2D eigenvalue weighted by Crippen LogP contribution is -2.58. The van der Waals surface area contributed by atoms with Crippen molar-refractivity contribution >= 4 is 29.6 Å². The molecule has 41 heavy (non-hydrogen) atoms. The summed E-state index contributed by atoms with van der Waals surface area (Å²) in [6.45, 7) is 1.74. The molecule has 0 aromatic rings. The first-order valence-electron chi connectivity index (χ1n) is 14.8. The largest absolute Gasteiger partial charge is 0.465 e. The van der Waals surface area contributed by atoms with Crippen molar-refractivity contribution in [2.75, 3.05) is 19.8 Å². The minimum Gasteiger partial charge on any atom is -0.465 e. The molecule has 2 unspecified atom stereocenters. The number of hydrogen-bond acceptors (Lipinski definition) is 6. The van der Waals surface area contributed by atoms with E-state index in [9.17, 15) is 37.9 Å². The van der Waals surface area contributed by atoms with Crippen LogP contribution in [0.4, 0.5) is 13.6 Å². The van der Waals surface area contributed by atoms with Crippen LogP contribution in [0.1, 0.15) is 84.0 Å². The van der Waals surface area contributed by atoms with Crippen molar-refractivity contribution in [2.24, 2.45) is 11.3 Å². The second-order valence-corrected chi connectivity index (χ2v) is 12.4. The molecule has 2 saturated carbocycles. The second kappa shape index (κ2) is 13.0. The van der Waals surface area contributed by atoms with E-state index in [4.69, 9.17) is 4.74 Å². The van der Waals surface area contributed by atoms with Crippen LogP contribution in [0.5, 0.6) is 0 Å². The molecule has 4 aliphatic rings. The van der Waals surface area contributed by atoms with Gasteiger partial charge in [-0.25, -0.2) is 13.6 Å². The summed E-state index contributed by atoms with van der Waals surface area (Å²) in [5, 5.41) is 17.0. The number of carboxylic acid groups (broad SMARTS) is 1. The first-order chi connectivity index (χ1) is 19.4. The first-order valence-corrected chi connectivity index (χ1v) is 14.8. The lowest BCUT2D eigenvalue weighted by atomic mass is 9.72. The van der Waals surface area contributed by atoms with Gasteiger partial charge in [-0.3, -0.25) is 19.2 Å². The van der Waals surface area contributed by atoms with E-state index in [0.29, 0.717) is 39.4 Å². The molecule has 2 heterocycles. The van der Waals surface area contributed by atoms with E-state index in [2.05, 4.69) is 16.0 Å². The quantitative estimate of drug-likeness (QED) is 0.272. The number of carbonyl (C=O) groups is 5. The fraction of sp³-hybridized carbons (Fsp3) is 0.821. The number of likely N-dealkylation sites (tertiary alicyclic amines) is 1. The van der Waals surface area contributed by atoms with Crippen LogP contribution in [0, 0.1) is 11.3 Å². The third-order valence-electron chi connectivity index (χ3n) is 8.93. The monoisotopic (exact) mass is 584 g/mol. The Morgan fingerprint density at radius 3 is 2.27 bits per heavy atom. The molecule has 11 nitrogen and oxygen atoms in total. The molecule has 0 bridgehead atoms. The van der Waals surface area contributed by atoms with Crippen LogP contribution in [0.15, 0.2) is 0 Å². The first kappa shape index (κ1) is 31.1. The molecule has 4 fully saturated rings. The minimum atomic E-state index is -3.11. The van der Waals surface area contributed by atoms with Crippen molar-refractivity contribution in [3.63, 3.8) is 0 Å². The average molecular weight is 585 g/mol. The Morgan fingerprint density at radius 2 is 1.68 bits per heavy atom. The summed E-state index contributed by atoms with van der Waals surface area (Å²) < 4.78 is 32.9. The van der Waals surface area contributed by atoms with Gasteiger partial charge < -0.3 is 30.7 Å². The Kier molecular flexibility index (Phi) is 9.86. The second-order valence-electron chi connectivity index (χ2n) is 12.4. The van der Waals surface area contributed by atoms with E-state index in [0.717, 1.165) is 44.9 Å². The lowest BCUT2D eigenvalue weighted by Gasteiger charge is -2.35. The van der Waals surface area contributed by atoms with E-state index < -0.39 is 66.5 Å². The number of amides is 4. The van der Waals surface area contributed by atoms with Gasteiger partial charge in [-0.1, -0.05) is 19.3 Å². The van der Waals surface area contributed by atoms with Gasteiger partial charge in [0.25, 0.3) is 5.91 Å². The number of rotatable bonds is 11. The summed E-state index contributed by atoms with van der Waals surface area (Å²) in [4.78, 5) is 66.3. The van der Waals surface area contributed by atoms with Gasteiger partial charge in [-0.05, 0) is 69.6 Å². The van der Waals surface area contributed by atoms with Gasteiger partial charge in [0.15, 0.2) is 0 Å². The molecular weight excluding hydrogens is 542 g/mol. The highest BCUT2D eigenvalue weighted by Crippen LogP contribution is 2.47. The van der Waals surface area contributed by atoms with Crippen LogP contribution in [0.25, 0.3) is 0 Å². The minimum absolute atomic E-state index is 0.131. The Bertz CT molecular complexity index is 1000. The number of nitrogens with zero attached hydrogens (tertiary/aromatic N) is 1. The standard InChI is InChI=1S/C28H42F2N4O7/c1-27(29,30)12-7-19(22(35)24(37)31-18-5-6-18)32-23(36)20-15-28(10-3-2-4-11-28)16-34(20)25(38)21(33-26(39)40)17-8-13-41-14-9-17/h17-21,33H,2-16H2,1H3,(H,31,37)(H,32,36)(H,39,40)/t19?,20?,21-/m0/s1. The van der Waals surface area contributed by atoms with Crippen LogP contribution in [-0.4, -0.2) is 89.5 Å². The normalized spacial score (nSPS) is 24.4. The molecular formula is C28H42F2N4O7. The molecule has 0 aromatic heterocycles. The zero-order chi connectivity index (χ0) is 29.8. The molecule has 4 amide bonds. The predicted octanol–water partition coefficient (Wildman–Crippen LogP) is 2.37. The molecule has 230 valence electrons. The number of alkyl halides is 2. The Morgan fingerprint density at radius 1 is 1.02 bits per heavy atom. The summed E-state index contributed by atoms with van der Waals surface area (Å²) >= 11 is 0. The average Bonchev–Trinajstić information content (AvgIpc) is 3.67. The van der Waals surface area contributed by atoms with Crippen LogP contribution >= 0.6 is 0 Å². The van der Waals surface area contributed by atoms with E-state index in [1.807, 2.05) is 0 Å². The molecule has 4 rings (SSSR count). The number of Topliss-reactive ketones (excluding diaryl/α,β-unsaturated/α-hetero) is 1. The van der Waals surface area contributed by atoms with E-state index in [1.54, 1.807) is 0 Å². The third kappa shape index (κ3) is 8.36. The molecule has 2 aliphatic carbocycles. The molecule has 0 aromatic carbocycles. The molecule has 1 spiro atoms.